The van der Waals surface area contributed by atoms with Crippen LogP contribution in [0.4, 0.5) is 47.3 Å². The number of hydrogen-bond acceptors (Lipinski definition) is 2. The normalized spacial score (nSPS) is 14.0. The number of alkyl halides is 3. The van der Waals surface area contributed by atoms with Crippen LogP contribution >= 0.6 is 0 Å². The molecule has 0 saturated heterocycles. The summed E-state index contributed by atoms with van der Waals surface area (Å²) in [6.07, 6.45) is -4.52. The SMILES string of the molecule is CC(C)(C)c1cc(N2c3cc4cc5ccccc5cc4cc3B3c4cc5cc6ccccc6cc5cc4N(c4cc(C(C)(C)C)cc(C(C)(C)C)c4)c4cc(-c5cccc(C(F)(F)F)c5)cc2c43)cc(C(C)(C)C)c1. The third-order valence-electron chi connectivity index (χ3n) is 16.1. The van der Waals surface area contributed by atoms with E-state index in [1.54, 1.807) is 6.07 Å². The molecule has 0 bridgehead atoms. The van der Waals surface area contributed by atoms with Gasteiger partial charge in [-0.2, -0.15) is 13.2 Å². The fourth-order valence-electron chi connectivity index (χ4n) is 11.7. The third kappa shape index (κ3) is 8.36. The predicted molar refractivity (Wildman–Crippen MR) is 316 cm³/mol. The van der Waals surface area contributed by atoms with Crippen LogP contribution in [-0.2, 0) is 27.8 Å². The van der Waals surface area contributed by atoms with E-state index < -0.39 is 11.7 Å². The molecule has 0 saturated carbocycles. The maximum Gasteiger partial charge on any atom is 0.416 e. The van der Waals surface area contributed by atoms with E-state index in [1.165, 1.54) is 56.1 Å². The van der Waals surface area contributed by atoms with E-state index in [-0.39, 0.29) is 28.4 Å². The molecule has 75 heavy (non-hydrogen) atoms. The van der Waals surface area contributed by atoms with Gasteiger partial charge in [-0.15, -0.1) is 0 Å². The lowest BCUT2D eigenvalue weighted by atomic mass is 9.33. The Bertz CT molecular complexity index is 3710. The van der Waals surface area contributed by atoms with Gasteiger partial charge in [0.1, 0.15) is 0 Å². The summed E-state index contributed by atoms with van der Waals surface area (Å²) in [6.45, 7) is 27.0. The first-order valence-electron chi connectivity index (χ1n) is 26.5. The van der Waals surface area contributed by atoms with Crippen molar-refractivity contribution >= 4 is 100 Å². The van der Waals surface area contributed by atoms with E-state index in [9.17, 15) is 13.2 Å². The minimum Gasteiger partial charge on any atom is -0.311 e. The molecule has 0 N–H and O–H groups in total. The topological polar surface area (TPSA) is 6.48 Å². The van der Waals surface area contributed by atoms with Crippen molar-refractivity contribution in [1.29, 1.82) is 0 Å². The first-order chi connectivity index (χ1) is 35.3. The van der Waals surface area contributed by atoms with Crippen molar-refractivity contribution in [2.75, 3.05) is 9.80 Å². The summed E-state index contributed by atoms with van der Waals surface area (Å²) >= 11 is 0. The van der Waals surface area contributed by atoms with E-state index in [0.717, 1.165) is 71.9 Å². The molecule has 0 unspecified atom stereocenters. The van der Waals surface area contributed by atoms with E-state index in [0.29, 0.717) is 11.1 Å². The molecule has 2 aliphatic rings. The molecule has 0 aromatic heterocycles. The van der Waals surface area contributed by atoms with E-state index in [1.807, 2.05) is 6.07 Å². The molecule has 2 heterocycles. The fourth-order valence-corrected chi connectivity index (χ4v) is 11.7. The molecule has 0 radical (unpaired) electrons. The molecule has 12 rings (SSSR count). The third-order valence-corrected chi connectivity index (χ3v) is 16.1. The summed E-state index contributed by atoms with van der Waals surface area (Å²) in [5.41, 5.74) is 14.1. The van der Waals surface area contributed by atoms with Crippen LogP contribution in [0, 0.1) is 0 Å². The molecule has 6 heteroatoms. The Labute approximate surface area is 440 Å². The summed E-state index contributed by atoms with van der Waals surface area (Å²) in [5, 5.41) is 9.23. The maximum atomic E-state index is 14.8. The van der Waals surface area contributed by atoms with E-state index in [2.05, 4.69) is 238 Å². The quantitative estimate of drug-likeness (QED) is 0.129. The number of anilines is 6. The molecular weight excluding hydrogens is 925 g/mol. The molecule has 0 spiro atoms. The highest BCUT2D eigenvalue weighted by atomic mass is 19.4. The summed E-state index contributed by atoms with van der Waals surface area (Å²) in [5.74, 6) is 0. The Balaban J connectivity index is 1.28. The van der Waals surface area contributed by atoms with Gasteiger partial charge < -0.3 is 9.80 Å². The average Bonchev–Trinajstić information content (AvgIpc) is 3.46. The summed E-state index contributed by atoms with van der Waals surface area (Å²) in [4.78, 5) is 4.90. The zero-order valence-corrected chi connectivity index (χ0v) is 45.3. The molecule has 2 aliphatic heterocycles. The molecule has 2 nitrogen and oxygen atoms in total. The molecule has 0 amide bonds. The second-order valence-electron chi connectivity index (χ2n) is 25.6. The first-order valence-corrected chi connectivity index (χ1v) is 26.5. The molecule has 10 aromatic rings. The van der Waals surface area contributed by atoms with Crippen LogP contribution in [0.5, 0.6) is 0 Å². The summed E-state index contributed by atoms with van der Waals surface area (Å²) in [7, 11) is 0. The van der Waals surface area contributed by atoms with Crippen molar-refractivity contribution in [3.63, 3.8) is 0 Å². The summed E-state index contributed by atoms with van der Waals surface area (Å²) < 4.78 is 44.5. The van der Waals surface area contributed by atoms with Gasteiger partial charge in [0.25, 0.3) is 6.71 Å². The zero-order chi connectivity index (χ0) is 52.9. The minimum atomic E-state index is -4.52. The Morgan fingerprint density at radius 1 is 0.307 bits per heavy atom. The number of fused-ring (bicyclic) bond motifs is 8. The highest BCUT2D eigenvalue weighted by Crippen LogP contribution is 2.50. The Morgan fingerprint density at radius 2 is 0.667 bits per heavy atom. The molecule has 0 aliphatic carbocycles. The number of rotatable bonds is 3. The van der Waals surface area contributed by atoms with Gasteiger partial charge in [0.05, 0.1) is 5.56 Å². The summed E-state index contributed by atoms with van der Waals surface area (Å²) in [6, 6.07) is 60.4. The number of benzene rings is 10. The van der Waals surface area contributed by atoms with Crippen LogP contribution in [0.2, 0.25) is 0 Å². The highest BCUT2D eigenvalue weighted by Gasteiger charge is 2.45. The molecule has 0 atom stereocenters. The zero-order valence-electron chi connectivity index (χ0n) is 45.3. The van der Waals surface area contributed by atoms with Crippen LogP contribution in [-0.4, -0.2) is 6.71 Å². The predicted octanol–water partition coefficient (Wildman–Crippen LogP) is 18.3. The second kappa shape index (κ2) is 16.6. The highest BCUT2D eigenvalue weighted by molar-refractivity contribution is 7.00. The van der Waals surface area contributed by atoms with Gasteiger partial charge in [-0.25, -0.2) is 0 Å². The van der Waals surface area contributed by atoms with E-state index in [4.69, 9.17) is 0 Å². The van der Waals surface area contributed by atoms with Crippen LogP contribution in [0.3, 0.4) is 0 Å². The fraction of sp³-hybridized carbons (Fsp3) is 0.246. The van der Waals surface area contributed by atoms with E-state index >= 15 is 0 Å². The van der Waals surface area contributed by atoms with Crippen molar-refractivity contribution in [2.24, 2.45) is 0 Å². The number of halogens is 3. The first kappa shape index (κ1) is 48.6. The average molecular weight is 989 g/mol. The Morgan fingerprint density at radius 3 is 1.01 bits per heavy atom. The van der Waals surface area contributed by atoms with Crippen molar-refractivity contribution in [3.8, 4) is 11.1 Å². The van der Waals surface area contributed by atoms with Crippen molar-refractivity contribution in [2.45, 2.75) is 111 Å². The van der Waals surface area contributed by atoms with Gasteiger partial charge in [-0.05, 0) is 199 Å². The lowest BCUT2D eigenvalue weighted by molar-refractivity contribution is -0.137. The van der Waals surface area contributed by atoms with Gasteiger partial charge in [-0.3, -0.25) is 0 Å². The van der Waals surface area contributed by atoms with Gasteiger partial charge in [0.2, 0.25) is 0 Å². The standard InChI is InChI=1S/C69H64BF3N2/c1-65(2,3)52-35-53(66(4,5)6)38-56(37-52)74-60-31-48-26-43-20-15-13-18-41(43)24-46(48)29-58(60)70-59-30-47-25-42-19-14-16-21-44(42)27-49(47)32-61(59)75(57-39-54(67(7,8)9)36-55(40-57)68(10,11)12)63-34-50(33-62(74)64(63)70)45-22-17-23-51(28-45)69(71,72)73/h13-40H,1-12H3. The molecular formula is C69H64BF3N2. The van der Waals surface area contributed by atoms with Gasteiger partial charge in [-0.1, -0.05) is 168 Å². The lowest BCUT2D eigenvalue weighted by Gasteiger charge is -2.45. The van der Waals surface area contributed by atoms with Gasteiger partial charge in [0, 0.05) is 34.1 Å². The lowest BCUT2D eigenvalue weighted by Crippen LogP contribution is -2.61. The van der Waals surface area contributed by atoms with Gasteiger partial charge >= 0.3 is 6.18 Å². The van der Waals surface area contributed by atoms with Crippen LogP contribution < -0.4 is 26.2 Å². The van der Waals surface area contributed by atoms with Crippen molar-refractivity contribution in [1.82, 2.24) is 0 Å². The molecule has 374 valence electrons. The maximum absolute atomic E-state index is 14.8. The minimum absolute atomic E-state index is 0.192. The Kier molecular flexibility index (Phi) is 10.8. The number of hydrogen-bond donors (Lipinski definition) is 0. The van der Waals surface area contributed by atoms with Crippen LogP contribution in [0.25, 0.3) is 54.2 Å². The van der Waals surface area contributed by atoms with Crippen molar-refractivity contribution in [3.05, 3.63) is 198 Å². The largest absolute Gasteiger partial charge is 0.416 e. The monoisotopic (exact) mass is 989 g/mol. The second-order valence-corrected chi connectivity index (χ2v) is 25.6. The molecule has 0 fully saturated rings. The Hall–Kier alpha value is -7.31. The molecule has 10 aromatic carbocycles. The van der Waals surface area contributed by atoms with Crippen LogP contribution in [0.1, 0.15) is 111 Å². The number of nitrogens with zero attached hydrogens (tertiary/aromatic N) is 2. The van der Waals surface area contributed by atoms with Gasteiger partial charge in [0.15, 0.2) is 0 Å². The van der Waals surface area contributed by atoms with Crippen LogP contribution in [0.15, 0.2) is 170 Å². The van der Waals surface area contributed by atoms with Crippen molar-refractivity contribution < 1.29 is 13.2 Å². The smallest absolute Gasteiger partial charge is 0.311 e.